The molecule has 0 amide bonds. The van der Waals surface area contributed by atoms with Gasteiger partial charge in [-0.2, -0.15) is 0 Å². The number of nitrogens with zero attached hydrogens (tertiary/aromatic N) is 3. The lowest BCUT2D eigenvalue weighted by Crippen LogP contribution is -2.30. The van der Waals surface area contributed by atoms with E-state index in [9.17, 15) is 5.11 Å². The number of fused-ring (bicyclic) bond motifs is 1. The second-order valence-electron chi connectivity index (χ2n) is 5.14. The minimum Gasteiger partial charge on any atom is -0.399 e. The molecule has 0 aliphatic heterocycles. The van der Waals surface area contributed by atoms with E-state index in [0.29, 0.717) is 11.5 Å². The molecule has 1 atom stereocenters. The third-order valence-corrected chi connectivity index (χ3v) is 3.79. The lowest BCUT2D eigenvalue weighted by molar-refractivity contribution is 0.238. The SMILES string of the molecule is CCN(CC)CC(C)n1c(CO)nc2cc(N)ccc21. The van der Waals surface area contributed by atoms with Gasteiger partial charge >= 0.3 is 0 Å². The van der Waals surface area contributed by atoms with Gasteiger partial charge in [-0.1, -0.05) is 13.8 Å². The van der Waals surface area contributed by atoms with Crippen molar-refractivity contribution in [1.82, 2.24) is 14.5 Å². The average molecular weight is 276 g/mol. The molecule has 0 aliphatic rings. The van der Waals surface area contributed by atoms with E-state index in [1.165, 1.54) is 0 Å². The van der Waals surface area contributed by atoms with Crippen LogP contribution in [0.3, 0.4) is 0 Å². The minimum absolute atomic E-state index is 0.0584. The number of hydrogen-bond donors (Lipinski definition) is 2. The molecular weight excluding hydrogens is 252 g/mol. The number of nitrogens with two attached hydrogens (primary N) is 1. The van der Waals surface area contributed by atoms with Gasteiger partial charge in [0, 0.05) is 18.3 Å². The highest BCUT2D eigenvalue weighted by molar-refractivity contribution is 5.79. The van der Waals surface area contributed by atoms with Gasteiger partial charge in [0.15, 0.2) is 0 Å². The van der Waals surface area contributed by atoms with Gasteiger partial charge in [-0.15, -0.1) is 0 Å². The number of aliphatic hydroxyl groups excluding tert-OH is 1. The topological polar surface area (TPSA) is 67.3 Å². The van der Waals surface area contributed by atoms with E-state index in [4.69, 9.17) is 5.73 Å². The molecule has 1 unspecified atom stereocenters. The second-order valence-corrected chi connectivity index (χ2v) is 5.14. The normalized spacial score (nSPS) is 13.2. The number of benzene rings is 1. The van der Waals surface area contributed by atoms with Crippen LogP contribution < -0.4 is 5.73 Å². The Kier molecular flexibility index (Phi) is 4.62. The zero-order valence-electron chi connectivity index (χ0n) is 12.5. The van der Waals surface area contributed by atoms with Crippen molar-refractivity contribution in [1.29, 1.82) is 0 Å². The van der Waals surface area contributed by atoms with Crippen LogP contribution >= 0.6 is 0 Å². The summed E-state index contributed by atoms with van der Waals surface area (Å²) in [6.07, 6.45) is 0. The molecule has 0 aliphatic carbocycles. The van der Waals surface area contributed by atoms with Crippen LogP contribution in [-0.4, -0.2) is 39.2 Å². The predicted molar refractivity (Wildman–Crippen MR) is 82.6 cm³/mol. The summed E-state index contributed by atoms with van der Waals surface area (Å²) in [4.78, 5) is 6.86. The predicted octanol–water partition coefficient (Wildman–Crippen LogP) is 2.01. The highest BCUT2D eigenvalue weighted by Crippen LogP contribution is 2.23. The Bertz CT molecular complexity index is 575. The van der Waals surface area contributed by atoms with Gasteiger partial charge < -0.3 is 20.3 Å². The lowest BCUT2D eigenvalue weighted by atomic mass is 10.2. The van der Waals surface area contributed by atoms with Crippen molar-refractivity contribution in [3.63, 3.8) is 0 Å². The number of imidazole rings is 1. The van der Waals surface area contributed by atoms with Crippen LogP contribution in [0, 0.1) is 0 Å². The molecule has 0 saturated carbocycles. The van der Waals surface area contributed by atoms with E-state index in [0.717, 1.165) is 30.7 Å². The van der Waals surface area contributed by atoms with Crippen molar-refractivity contribution in [2.24, 2.45) is 0 Å². The first-order valence-corrected chi connectivity index (χ1v) is 7.20. The zero-order chi connectivity index (χ0) is 14.7. The number of hydrogen-bond acceptors (Lipinski definition) is 4. The summed E-state index contributed by atoms with van der Waals surface area (Å²) in [6.45, 7) is 9.41. The number of nitrogen functional groups attached to an aromatic ring is 1. The summed E-state index contributed by atoms with van der Waals surface area (Å²) < 4.78 is 2.12. The molecule has 0 saturated heterocycles. The van der Waals surface area contributed by atoms with Crippen molar-refractivity contribution in [3.05, 3.63) is 24.0 Å². The van der Waals surface area contributed by atoms with Crippen molar-refractivity contribution < 1.29 is 5.11 Å². The smallest absolute Gasteiger partial charge is 0.136 e. The van der Waals surface area contributed by atoms with Crippen LogP contribution in [0.25, 0.3) is 11.0 Å². The first-order chi connectivity index (χ1) is 9.60. The van der Waals surface area contributed by atoms with E-state index >= 15 is 0 Å². The van der Waals surface area contributed by atoms with Gasteiger partial charge in [0.2, 0.25) is 0 Å². The first-order valence-electron chi connectivity index (χ1n) is 7.20. The molecule has 0 spiro atoms. The summed E-state index contributed by atoms with van der Waals surface area (Å²) in [5.41, 5.74) is 8.38. The van der Waals surface area contributed by atoms with E-state index < -0.39 is 0 Å². The summed E-state index contributed by atoms with van der Waals surface area (Å²) in [5.74, 6) is 0.699. The quantitative estimate of drug-likeness (QED) is 0.792. The Labute approximate surface area is 120 Å². The third kappa shape index (κ3) is 2.78. The molecule has 5 heteroatoms. The molecule has 20 heavy (non-hydrogen) atoms. The number of anilines is 1. The molecule has 3 N–H and O–H groups in total. The zero-order valence-corrected chi connectivity index (χ0v) is 12.5. The maximum absolute atomic E-state index is 9.56. The third-order valence-electron chi connectivity index (χ3n) is 3.79. The molecule has 5 nitrogen and oxygen atoms in total. The molecule has 2 rings (SSSR count). The number of rotatable bonds is 6. The Morgan fingerprint density at radius 2 is 2.05 bits per heavy atom. The monoisotopic (exact) mass is 276 g/mol. The molecule has 1 heterocycles. The fourth-order valence-electron chi connectivity index (χ4n) is 2.71. The van der Waals surface area contributed by atoms with E-state index in [1.807, 2.05) is 18.2 Å². The van der Waals surface area contributed by atoms with Gasteiger partial charge in [-0.05, 0) is 38.2 Å². The maximum atomic E-state index is 9.56. The maximum Gasteiger partial charge on any atom is 0.136 e. The number of aliphatic hydroxyl groups is 1. The van der Waals surface area contributed by atoms with Crippen LogP contribution in [0.2, 0.25) is 0 Å². The fraction of sp³-hybridized carbons (Fsp3) is 0.533. The molecular formula is C15H24N4O. The van der Waals surface area contributed by atoms with Crippen molar-refractivity contribution in [3.8, 4) is 0 Å². The highest BCUT2D eigenvalue weighted by Gasteiger charge is 2.17. The Morgan fingerprint density at radius 1 is 1.35 bits per heavy atom. The Morgan fingerprint density at radius 3 is 2.65 bits per heavy atom. The highest BCUT2D eigenvalue weighted by atomic mass is 16.3. The molecule has 110 valence electrons. The Hall–Kier alpha value is -1.59. The van der Waals surface area contributed by atoms with E-state index in [1.54, 1.807) is 0 Å². The van der Waals surface area contributed by atoms with Crippen LogP contribution in [-0.2, 0) is 6.61 Å². The van der Waals surface area contributed by atoms with Gasteiger partial charge in [-0.3, -0.25) is 0 Å². The fourth-order valence-corrected chi connectivity index (χ4v) is 2.71. The first kappa shape index (κ1) is 14.8. The molecule has 1 aromatic carbocycles. The molecule has 0 radical (unpaired) electrons. The van der Waals surface area contributed by atoms with E-state index in [-0.39, 0.29) is 12.6 Å². The molecule has 2 aromatic rings. The van der Waals surface area contributed by atoms with Crippen molar-refractivity contribution in [2.75, 3.05) is 25.4 Å². The van der Waals surface area contributed by atoms with Gasteiger partial charge in [0.05, 0.1) is 11.0 Å². The minimum atomic E-state index is -0.0584. The van der Waals surface area contributed by atoms with Crippen molar-refractivity contribution in [2.45, 2.75) is 33.4 Å². The summed E-state index contributed by atoms with van der Waals surface area (Å²) in [7, 11) is 0. The number of likely N-dealkylation sites (N-methyl/N-ethyl adjacent to an activating group) is 1. The van der Waals surface area contributed by atoms with Crippen LogP contribution in [0.15, 0.2) is 18.2 Å². The van der Waals surface area contributed by atoms with Crippen LogP contribution in [0.5, 0.6) is 0 Å². The second kappa shape index (κ2) is 6.24. The Balaban J connectivity index is 2.41. The van der Waals surface area contributed by atoms with Crippen LogP contribution in [0.4, 0.5) is 5.69 Å². The standard InChI is InChI=1S/C15H24N4O/c1-4-18(5-2)9-11(3)19-14-7-6-12(16)8-13(14)17-15(19)10-20/h6-8,11,20H,4-5,9-10,16H2,1-3H3. The summed E-state index contributed by atoms with van der Waals surface area (Å²) in [6, 6.07) is 5.97. The van der Waals surface area contributed by atoms with Gasteiger partial charge in [0.1, 0.15) is 12.4 Å². The molecule has 0 bridgehead atoms. The molecule has 0 fully saturated rings. The van der Waals surface area contributed by atoms with Gasteiger partial charge in [0.25, 0.3) is 0 Å². The average Bonchev–Trinajstić information content (AvgIpc) is 2.81. The van der Waals surface area contributed by atoms with Crippen LogP contribution in [0.1, 0.15) is 32.6 Å². The summed E-state index contributed by atoms with van der Waals surface area (Å²) in [5, 5.41) is 9.56. The molecule has 1 aromatic heterocycles. The van der Waals surface area contributed by atoms with E-state index in [2.05, 4.69) is 35.2 Å². The lowest BCUT2D eigenvalue weighted by Gasteiger charge is -2.25. The largest absolute Gasteiger partial charge is 0.399 e. The number of aromatic nitrogens is 2. The summed E-state index contributed by atoms with van der Waals surface area (Å²) >= 11 is 0. The van der Waals surface area contributed by atoms with Gasteiger partial charge in [-0.25, -0.2) is 4.98 Å². The van der Waals surface area contributed by atoms with Crippen molar-refractivity contribution >= 4 is 16.7 Å².